The minimum Gasteiger partial charge on any atom is -0.454 e. The highest BCUT2D eigenvalue weighted by Gasteiger charge is 2.42. The summed E-state index contributed by atoms with van der Waals surface area (Å²) in [5.41, 5.74) is 1.01. The molecule has 5 rings (SSSR count). The second kappa shape index (κ2) is 7.67. The standard InChI is InChI=1S/C22H28O6/c23-11-18-16(4-6-17-13-27-22(28-17)8-2-1-3-9-22)12-24-21(18)15-5-7-19-20(10-15)26-14-25-19/h4-7,10,16-18,21,23H,1-3,8-9,11-14H2/b6-4+/t16-,17+,18-,21+/m0/s1. The Morgan fingerprint density at radius 1 is 1.04 bits per heavy atom. The molecule has 6 heteroatoms. The van der Waals surface area contributed by atoms with Gasteiger partial charge in [-0.15, -0.1) is 0 Å². The van der Waals surface area contributed by atoms with Crippen LogP contribution in [0.25, 0.3) is 0 Å². The zero-order valence-electron chi connectivity index (χ0n) is 16.0. The summed E-state index contributed by atoms with van der Waals surface area (Å²) >= 11 is 0. The fourth-order valence-electron chi connectivity index (χ4n) is 4.84. The molecule has 4 aliphatic rings. The van der Waals surface area contributed by atoms with Crippen molar-refractivity contribution >= 4 is 0 Å². The lowest BCUT2D eigenvalue weighted by atomic mass is 9.87. The van der Waals surface area contributed by atoms with Crippen molar-refractivity contribution in [3.05, 3.63) is 35.9 Å². The predicted octanol–water partition coefficient (Wildman–Crippen LogP) is 3.34. The van der Waals surface area contributed by atoms with Crippen LogP contribution in [0, 0.1) is 11.8 Å². The van der Waals surface area contributed by atoms with Crippen molar-refractivity contribution in [3.63, 3.8) is 0 Å². The van der Waals surface area contributed by atoms with Crippen molar-refractivity contribution in [2.45, 2.75) is 50.1 Å². The monoisotopic (exact) mass is 388 g/mol. The second-order valence-electron chi connectivity index (χ2n) is 8.20. The molecule has 0 bridgehead atoms. The molecule has 3 fully saturated rings. The second-order valence-corrected chi connectivity index (χ2v) is 8.20. The van der Waals surface area contributed by atoms with Crippen LogP contribution < -0.4 is 9.47 Å². The first-order chi connectivity index (χ1) is 13.8. The van der Waals surface area contributed by atoms with Crippen LogP contribution in [0.3, 0.4) is 0 Å². The molecule has 3 aliphatic heterocycles. The van der Waals surface area contributed by atoms with Crippen LogP contribution in [0.4, 0.5) is 0 Å². The molecule has 0 amide bonds. The van der Waals surface area contributed by atoms with E-state index in [2.05, 4.69) is 12.2 Å². The zero-order chi connectivity index (χ0) is 19.0. The van der Waals surface area contributed by atoms with E-state index in [4.69, 9.17) is 23.7 Å². The van der Waals surface area contributed by atoms with Crippen LogP contribution in [0.5, 0.6) is 11.5 Å². The van der Waals surface area contributed by atoms with Crippen molar-refractivity contribution in [2.75, 3.05) is 26.6 Å². The van der Waals surface area contributed by atoms with E-state index in [1.807, 2.05) is 18.2 Å². The van der Waals surface area contributed by atoms with Crippen LogP contribution >= 0.6 is 0 Å². The molecule has 152 valence electrons. The largest absolute Gasteiger partial charge is 0.454 e. The highest BCUT2D eigenvalue weighted by molar-refractivity contribution is 5.45. The van der Waals surface area contributed by atoms with Gasteiger partial charge in [0.1, 0.15) is 6.10 Å². The molecule has 1 aromatic carbocycles. The number of rotatable bonds is 4. The van der Waals surface area contributed by atoms with Crippen LogP contribution in [0.2, 0.25) is 0 Å². The van der Waals surface area contributed by atoms with Crippen molar-refractivity contribution < 1.29 is 28.8 Å². The SMILES string of the molecule is OC[C@@H]1[C@@H](c2ccc3c(c2)OCO3)OC[C@@H]1/C=C/[C@@H]1COC2(CCCCC2)O1. The Bertz CT molecular complexity index is 726. The molecule has 2 saturated heterocycles. The number of hydrogen-bond acceptors (Lipinski definition) is 6. The zero-order valence-corrected chi connectivity index (χ0v) is 16.0. The van der Waals surface area contributed by atoms with Crippen LogP contribution in [0.15, 0.2) is 30.4 Å². The molecule has 1 spiro atoms. The highest BCUT2D eigenvalue weighted by Crippen LogP contribution is 2.43. The third kappa shape index (κ3) is 3.43. The van der Waals surface area contributed by atoms with E-state index >= 15 is 0 Å². The van der Waals surface area contributed by atoms with Crippen molar-refractivity contribution in [2.24, 2.45) is 11.8 Å². The fraction of sp³-hybridized carbons (Fsp3) is 0.636. The lowest BCUT2D eigenvalue weighted by Gasteiger charge is -2.31. The van der Waals surface area contributed by atoms with Gasteiger partial charge in [0.15, 0.2) is 17.3 Å². The molecule has 4 atom stereocenters. The van der Waals surface area contributed by atoms with Gasteiger partial charge in [-0.2, -0.15) is 0 Å². The maximum atomic E-state index is 10.0. The van der Waals surface area contributed by atoms with Gasteiger partial charge < -0.3 is 28.8 Å². The van der Waals surface area contributed by atoms with Crippen molar-refractivity contribution in [3.8, 4) is 11.5 Å². The molecule has 1 aliphatic carbocycles. The summed E-state index contributed by atoms with van der Waals surface area (Å²) in [4.78, 5) is 0. The van der Waals surface area contributed by atoms with Gasteiger partial charge >= 0.3 is 0 Å². The number of aliphatic hydroxyl groups excluding tert-OH is 1. The lowest BCUT2D eigenvalue weighted by Crippen LogP contribution is -2.33. The average Bonchev–Trinajstić information content (AvgIpc) is 3.44. The van der Waals surface area contributed by atoms with E-state index in [-0.39, 0.29) is 43.2 Å². The van der Waals surface area contributed by atoms with Crippen LogP contribution in [-0.2, 0) is 14.2 Å². The van der Waals surface area contributed by atoms with E-state index < -0.39 is 0 Å². The van der Waals surface area contributed by atoms with Gasteiger partial charge in [-0.05, 0) is 30.5 Å². The topological polar surface area (TPSA) is 66.4 Å². The summed E-state index contributed by atoms with van der Waals surface area (Å²) in [7, 11) is 0. The highest BCUT2D eigenvalue weighted by atomic mass is 16.7. The van der Waals surface area contributed by atoms with Gasteiger partial charge in [-0.3, -0.25) is 0 Å². The molecule has 6 nitrogen and oxygen atoms in total. The summed E-state index contributed by atoms with van der Waals surface area (Å²) in [5.74, 6) is 1.29. The van der Waals surface area contributed by atoms with Crippen molar-refractivity contribution in [1.82, 2.24) is 0 Å². The van der Waals surface area contributed by atoms with Gasteiger partial charge in [0, 0.05) is 31.3 Å². The Kier molecular flexibility index (Phi) is 5.05. The molecule has 1 aromatic rings. The minimum atomic E-state index is -0.356. The first kappa shape index (κ1) is 18.4. The van der Waals surface area contributed by atoms with Gasteiger partial charge in [-0.1, -0.05) is 24.6 Å². The van der Waals surface area contributed by atoms with Crippen LogP contribution in [0.1, 0.15) is 43.8 Å². The normalized spacial score (nSPS) is 33.9. The molecule has 0 aromatic heterocycles. The van der Waals surface area contributed by atoms with E-state index in [1.54, 1.807) is 0 Å². The van der Waals surface area contributed by atoms with Crippen molar-refractivity contribution in [1.29, 1.82) is 0 Å². The average molecular weight is 388 g/mol. The van der Waals surface area contributed by atoms with E-state index in [0.717, 1.165) is 29.9 Å². The summed E-state index contributed by atoms with van der Waals surface area (Å²) in [6.45, 7) is 1.52. The molecular formula is C22H28O6. The number of hydrogen-bond donors (Lipinski definition) is 1. The van der Waals surface area contributed by atoms with Gasteiger partial charge in [0.2, 0.25) is 6.79 Å². The van der Waals surface area contributed by atoms with Gasteiger partial charge in [-0.25, -0.2) is 0 Å². The molecular weight excluding hydrogens is 360 g/mol. The summed E-state index contributed by atoms with van der Waals surface area (Å²) in [5, 5.41) is 10.0. The Morgan fingerprint density at radius 2 is 1.89 bits per heavy atom. The number of ether oxygens (including phenoxy) is 5. The first-order valence-corrected chi connectivity index (χ1v) is 10.4. The minimum absolute atomic E-state index is 0.00239. The van der Waals surface area contributed by atoms with E-state index in [1.165, 1.54) is 19.3 Å². The first-order valence-electron chi connectivity index (χ1n) is 10.4. The molecule has 1 saturated carbocycles. The quantitative estimate of drug-likeness (QED) is 0.798. The number of benzene rings is 1. The summed E-state index contributed by atoms with van der Waals surface area (Å²) in [6, 6.07) is 5.86. The third-order valence-electron chi connectivity index (χ3n) is 6.41. The predicted molar refractivity (Wildman–Crippen MR) is 101 cm³/mol. The molecule has 28 heavy (non-hydrogen) atoms. The van der Waals surface area contributed by atoms with Gasteiger partial charge in [0.25, 0.3) is 0 Å². The molecule has 1 N–H and O–H groups in total. The lowest BCUT2D eigenvalue weighted by molar-refractivity contribution is -0.182. The summed E-state index contributed by atoms with van der Waals surface area (Å²) < 4.78 is 29.2. The molecule has 0 unspecified atom stereocenters. The number of fused-ring (bicyclic) bond motifs is 1. The maximum Gasteiger partial charge on any atom is 0.231 e. The summed E-state index contributed by atoms with van der Waals surface area (Å²) in [6.07, 6.45) is 9.69. The van der Waals surface area contributed by atoms with Gasteiger partial charge in [0.05, 0.1) is 19.3 Å². The third-order valence-corrected chi connectivity index (χ3v) is 6.41. The van der Waals surface area contributed by atoms with Crippen LogP contribution in [-0.4, -0.2) is 43.6 Å². The Morgan fingerprint density at radius 3 is 2.75 bits per heavy atom. The Balaban J connectivity index is 1.24. The molecule has 0 radical (unpaired) electrons. The van der Waals surface area contributed by atoms with E-state index in [0.29, 0.717) is 13.2 Å². The smallest absolute Gasteiger partial charge is 0.231 e. The number of aliphatic hydroxyl groups is 1. The van der Waals surface area contributed by atoms with E-state index in [9.17, 15) is 5.11 Å². The Hall–Kier alpha value is -1.60. The molecule has 3 heterocycles. The maximum absolute atomic E-state index is 10.0. The Labute approximate surface area is 165 Å². The fourth-order valence-corrected chi connectivity index (χ4v) is 4.84.